The van der Waals surface area contributed by atoms with Gasteiger partial charge in [0.15, 0.2) is 17.5 Å². The van der Waals surface area contributed by atoms with E-state index < -0.39 is 0 Å². The molecular weight excluding hydrogens is 462 g/mol. The van der Waals surface area contributed by atoms with Crippen molar-refractivity contribution in [3.63, 3.8) is 0 Å². The van der Waals surface area contributed by atoms with Crippen molar-refractivity contribution < 1.29 is 0 Å². The quantitative estimate of drug-likeness (QED) is 0.232. The van der Waals surface area contributed by atoms with Crippen LogP contribution in [-0.2, 0) is 5.41 Å². The second kappa shape index (κ2) is 8.46. The number of hydrogen-bond donors (Lipinski definition) is 0. The summed E-state index contributed by atoms with van der Waals surface area (Å²) in [4.78, 5) is 14.9. The first-order valence-corrected chi connectivity index (χ1v) is 13.0. The van der Waals surface area contributed by atoms with E-state index in [0.717, 1.165) is 22.1 Å². The van der Waals surface area contributed by atoms with E-state index in [1.165, 1.54) is 32.5 Å². The molecule has 0 amide bonds. The molecule has 7 aromatic rings. The van der Waals surface area contributed by atoms with Crippen LogP contribution in [0.15, 0.2) is 109 Å². The number of rotatable bonds is 3. The zero-order valence-corrected chi connectivity index (χ0v) is 21.7. The Morgan fingerprint density at radius 3 is 1.55 bits per heavy atom. The smallest absolute Gasteiger partial charge is 0.164 e. The summed E-state index contributed by atoms with van der Waals surface area (Å²) in [5, 5.41) is 7.50. The minimum absolute atomic E-state index is 0.0855. The maximum absolute atomic E-state index is 5.01. The lowest BCUT2D eigenvalue weighted by Gasteiger charge is -2.22. The predicted octanol–water partition coefficient (Wildman–Crippen LogP) is 9.07. The van der Waals surface area contributed by atoms with Crippen LogP contribution < -0.4 is 0 Å². The molecule has 0 bridgehead atoms. The predicted molar refractivity (Wildman–Crippen MR) is 159 cm³/mol. The van der Waals surface area contributed by atoms with Gasteiger partial charge >= 0.3 is 0 Å². The molecule has 0 saturated carbocycles. The topological polar surface area (TPSA) is 38.7 Å². The average molecular weight is 490 g/mol. The Labute approximate surface area is 222 Å². The van der Waals surface area contributed by atoms with Crippen molar-refractivity contribution in [2.45, 2.75) is 26.2 Å². The molecule has 0 saturated heterocycles. The van der Waals surface area contributed by atoms with Crippen molar-refractivity contribution in [1.82, 2.24) is 15.0 Å². The van der Waals surface area contributed by atoms with Gasteiger partial charge in [-0.05, 0) is 49.4 Å². The summed E-state index contributed by atoms with van der Waals surface area (Å²) in [6.07, 6.45) is 0. The molecule has 0 spiro atoms. The first-order valence-electron chi connectivity index (χ1n) is 13.0. The maximum atomic E-state index is 5.01. The lowest BCUT2D eigenvalue weighted by Crippen LogP contribution is -2.10. The van der Waals surface area contributed by atoms with E-state index in [4.69, 9.17) is 15.0 Å². The molecule has 3 heteroatoms. The first-order chi connectivity index (χ1) is 18.5. The van der Waals surface area contributed by atoms with Gasteiger partial charge in [0.05, 0.1) is 0 Å². The Bertz CT molecular complexity index is 1860. The monoisotopic (exact) mass is 489 g/mol. The van der Waals surface area contributed by atoms with Crippen molar-refractivity contribution in [2.75, 3.05) is 0 Å². The van der Waals surface area contributed by atoms with Gasteiger partial charge in [-0.25, -0.2) is 15.0 Å². The van der Waals surface area contributed by atoms with Gasteiger partial charge < -0.3 is 0 Å². The number of aromatic nitrogens is 3. The van der Waals surface area contributed by atoms with Crippen LogP contribution in [0.25, 0.3) is 66.5 Å². The molecule has 1 aromatic heterocycles. The summed E-state index contributed by atoms with van der Waals surface area (Å²) in [6, 6.07) is 38.3. The van der Waals surface area contributed by atoms with Gasteiger partial charge in [0.25, 0.3) is 0 Å². The van der Waals surface area contributed by atoms with Gasteiger partial charge in [0, 0.05) is 16.7 Å². The molecule has 7 rings (SSSR count). The zero-order valence-electron chi connectivity index (χ0n) is 21.7. The van der Waals surface area contributed by atoms with Gasteiger partial charge in [-0.1, -0.05) is 124 Å². The summed E-state index contributed by atoms with van der Waals surface area (Å²) in [6.45, 7) is 6.81. The highest BCUT2D eigenvalue weighted by atomic mass is 15.0. The van der Waals surface area contributed by atoms with E-state index in [0.29, 0.717) is 17.5 Å². The third-order valence-corrected chi connectivity index (χ3v) is 7.41. The first kappa shape index (κ1) is 22.6. The van der Waals surface area contributed by atoms with Crippen molar-refractivity contribution in [3.05, 3.63) is 115 Å². The normalized spacial score (nSPS) is 12.1. The zero-order chi connectivity index (χ0) is 25.9. The van der Waals surface area contributed by atoms with Crippen molar-refractivity contribution in [1.29, 1.82) is 0 Å². The van der Waals surface area contributed by atoms with E-state index in [-0.39, 0.29) is 5.41 Å². The SMILES string of the molecule is CC(C)(C)c1cc2ccc3ccc(-c4nc(-c5ccccc5)nc(-c5ccccc5)n4)c4ccc(c1)c2c34. The molecule has 3 nitrogen and oxygen atoms in total. The molecule has 0 aliphatic carbocycles. The fourth-order valence-electron chi connectivity index (χ4n) is 5.38. The summed E-state index contributed by atoms with van der Waals surface area (Å²) >= 11 is 0. The molecule has 1 heterocycles. The van der Waals surface area contributed by atoms with E-state index in [1.54, 1.807) is 0 Å². The molecule has 182 valence electrons. The van der Waals surface area contributed by atoms with Gasteiger partial charge in [-0.3, -0.25) is 0 Å². The van der Waals surface area contributed by atoms with Crippen LogP contribution >= 0.6 is 0 Å². The van der Waals surface area contributed by atoms with Gasteiger partial charge in [-0.2, -0.15) is 0 Å². The minimum Gasteiger partial charge on any atom is -0.208 e. The molecule has 0 unspecified atom stereocenters. The van der Waals surface area contributed by atoms with E-state index in [9.17, 15) is 0 Å². The Morgan fingerprint density at radius 2 is 0.974 bits per heavy atom. The second-order valence-corrected chi connectivity index (χ2v) is 11.0. The molecule has 0 aliphatic rings. The Balaban J connectivity index is 1.51. The van der Waals surface area contributed by atoms with Gasteiger partial charge in [0.1, 0.15) is 0 Å². The molecular formula is C35H27N3. The van der Waals surface area contributed by atoms with E-state index in [1.807, 2.05) is 60.7 Å². The van der Waals surface area contributed by atoms with Crippen LogP contribution in [0, 0.1) is 0 Å². The summed E-state index contributed by atoms with van der Waals surface area (Å²) in [7, 11) is 0. The van der Waals surface area contributed by atoms with Crippen LogP contribution in [0.3, 0.4) is 0 Å². The molecule has 0 fully saturated rings. The van der Waals surface area contributed by atoms with E-state index in [2.05, 4.69) is 69.3 Å². The van der Waals surface area contributed by atoms with Crippen molar-refractivity contribution >= 4 is 32.3 Å². The third kappa shape index (κ3) is 3.71. The lowest BCUT2D eigenvalue weighted by molar-refractivity contribution is 0.591. The lowest BCUT2D eigenvalue weighted by atomic mass is 9.83. The van der Waals surface area contributed by atoms with Gasteiger partial charge in [0.2, 0.25) is 0 Å². The van der Waals surface area contributed by atoms with Crippen LogP contribution in [0.4, 0.5) is 0 Å². The molecule has 38 heavy (non-hydrogen) atoms. The second-order valence-electron chi connectivity index (χ2n) is 11.0. The average Bonchev–Trinajstić information content (AvgIpc) is 2.96. The summed E-state index contributed by atoms with van der Waals surface area (Å²) in [5.74, 6) is 2.04. The Kier molecular flexibility index (Phi) is 5.02. The fourth-order valence-corrected chi connectivity index (χ4v) is 5.38. The Hall–Kier alpha value is -4.63. The Morgan fingerprint density at radius 1 is 0.474 bits per heavy atom. The van der Waals surface area contributed by atoms with Crippen LogP contribution in [0.2, 0.25) is 0 Å². The minimum atomic E-state index is 0.0855. The van der Waals surface area contributed by atoms with Crippen LogP contribution in [-0.4, -0.2) is 15.0 Å². The maximum Gasteiger partial charge on any atom is 0.164 e. The number of hydrogen-bond acceptors (Lipinski definition) is 3. The highest BCUT2D eigenvalue weighted by molar-refractivity contribution is 6.25. The number of nitrogens with zero attached hydrogens (tertiary/aromatic N) is 3. The highest BCUT2D eigenvalue weighted by Gasteiger charge is 2.19. The standard InChI is InChI=1S/C35H27N3/c1-35(2,3)27-20-25-15-14-22-16-19-29(28-18-17-26(21-27)30(25)31(22)28)34-37-32(23-10-6-4-7-11-23)36-33(38-34)24-12-8-5-9-13-24/h4-21H,1-3H3. The van der Waals surface area contributed by atoms with Gasteiger partial charge in [-0.15, -0.1) is 0 Å². The highest BCUT2D eigenvalue weighted by Crippen LogP contribution is 2.40. The van der Waals surface area contributed by atoms with Crippen molar-refractivity contribution in [2.24, 2.45) is 0 Å². The molecule has 0 atom stereocenters. The summed E-state index contributed by atoms with van der Waals surface area (Å²) < 4.78 is 0. The van der Waals surface area contributed by atoms with Crippen LogP contribution in [0.5, 0.6) is 0 Å². The van der Waals surface area contributed by atoms with E-state index >= 15 is 0 Å². The molecule has 0 N–H and O–H groups in total. The largest absolute Gasteiger partial charge is 0.208 e. The number of benzene rings is 6. The summed E-state index contributed by atoms with van der Waals surface area (Å²) in [5.41, 5.74) is 4.40. The third-order valence-electron chi connectivity index (χ3n) is 7.41. The molecule has 6 aromatic carbocycles. The van der Waals surface area contributed by atoms with Crippen molar-refractivity contribution in [3.8, 4) is 34.2 Å². The van der Waals surface area contributed by atoms with Crippen LogP contribution in [0.1, 0.15) is 26.3 Å². The molecule has 0 radical (unpaired) electrons. The molecule has 0 aliphatic heterocycles. The fraction of sp³-hybridized carbons (Fsp3) is 0.114.